The van der Waals surface area contributed by atoms with Crippen LogP contribution in [0, 0.1) is 0 Å². The minimum Gasteiger partial charge on any atom is -0.349 e. The van der Waals surface area contributed by atoms with E-state index in [0.29, 0.717) is 5.69 Å². The van der Waals surface area contributed by atoms with Gasteiger partial charge in [0.1, 0.15) is 5.69 Å². The van der Waals surface area contributed by atoms with Gasteiger partial charge in [0.2, 0.25) is 5.91 Å². The number of aromatic nitrogens is 1. The lowest BCUT2D eigenvalue weighted by Gasteiger charge is -2.13. The smallest absolute Gasteiger partial charge is 0.288 e. The summed E-state index contributed by atoms with van der Waals surface area (Å²) in [6, 6.07) is 11.0. The molecule has 1 aliphatic heterocycles. The monoisotopic (exact) mass is 315 g/mol. The topological polar surface area (TPSA) is 79.4 Å². The fourth-order valence-electron chi connectivity index (χ4n) is 2.16. The van der Waals surface area contributed by atoms with E-state index in [1.54, 1.807) is 6.07 Å². The SMILES string of the molecule is O=C(NCCN1C(=O)CSC1=O)c1ccc2ccccc2n1. The molecule has 1 fully saturated rings. The zero-order valence-electron chi connectivity index (χ0n) is 11.6. The number of amides is 3. The van der Waals surface area contributed by atoms with E-state index >= 15 is 0 Å². The van der Waals surface area contributed by atoms with Crippen molar-refractivity contribution in [2.75, 3.05) is 18.8 Å². The van der Waals surface area contributed by atoms with Gasteiger partial charge in [-0.25, -0.2) is 4.98 Å². The Labute approximate surface area is 130 Å². The predicted molar refractivity (Wildman–Crippen MR) is 83.6 cm³/mol. The Balaban J connectivity index is 1.61. The highest BCUT2D eigenvalue weighted by atomic mass is 32.2. The molecule has 1 aromatic heterocycles. The number of nitrogens with one attached hydrogen (secondary N) is 1. The molecule has 0 atom stereocenters. The first-order chi connectivity index (χ1) is 10.6. The van der Waals surface area contributed by atoms with E-state index in [1.165, 1.54) is 0 Å². The number of hydrogen-bond acceptors (Lipinski definition) is 5. The molecular formula is C15H13N3O3S. The first-order valence-corrected chi connectivity index (χ1v) is 7.75. The third-order valence-corrected chi connectivity index (χ3v) is 4.15. The summed E-state index contributed by atoms with van der Waals surface area (Å²) < 4.78 is 0. The van der Waals surface area contributed by atoms with Crippen molar-refractivity contribution in [2.24, 2.45) is 0 Å². The number of benzene rings is 1. The van der Waals surface area contributed by atoms with Gasteiger partial charge in [-0.2, -0.15) is 0 Å². The number of thioether (sulfide) groups is 1. The van der Waals surface area contributed by atoms with Crippen LogP contribution in [0.15, 0.2) is 36.4 Å². The Morgan fingerprint density at radius 3 is 2.82 bits per heavy atom. The van der Waals surface area contributed by atoms with E-state index in [-0.39, 0.29) is 35.9 Å². The fourth-order valence-corrected chi connectivity index (χ4v) is 2.91. The van der Waals surface area contributed by atoms with Gasteiger partial charge >= 0.3 is 0 Å². The Morgan fingerprint density at radius 2 is 2.05 bits per heavy atom. The summed E-state index contributed by atoms with van der Waals surface area (Å²) >= 11 is 0.983. The van der Waals surface area contributed by atoms with Gasteiger partial charge in [-0.05, 0) is 12.1 Å². The Bertz CT molecular complexity index is 747. The van der Waals surface area contributed by atoms with Crippen LogP contribution in [0.5, 0.6) is 0 Å². The maximum Gasteiger partial charge on any atom is 0.288 e. The molecule has 0 bridgehead atoms. The number of pyridine rings is 1. The molecule has 0 aliphatic carbocycles. The average Bonchev–Trinajstić information content (AvgIpc) is 2.86. The molecule has 0 radical (unpaired) electrons. The van der Waals surface area contributed by atoms with E-state index in [1.807, 2.05) is 30.3 Å². The number of fused-ring (bicyclic) bond motifs is 1. The Kier molecular flexibility index (Phi) is 4.06. The van der Waals surface area contributed by atoms with Gasteiger partial charge in [-0.1, -0.05) is 36.0 Å². The molecule has 3 rings (SSSR count). The van der Waals surface area contributed by atoms with E-state index in [4.69, 9.17) is 0 Å². The molecule has 1 aromatic carbocycles. The molecule has 6 nitrogen and oxygen atoms in total. The van der Waals surface area contributed by atoms with Crippen molar-refractivity contribution in [2.45, 2.75) is 0 Å². The second-order valence-corrected chi connectivity index (χ2v) is 5.67. The van der Waals surface area contributed by atoms with Crippen LogP contribution in [-0.4, -0.2) is 45.8 Å². The van der Waals surface area contributed by atoms with Crippen LogP contribution in [0.2, 0.25) is 0 Å². The maximum absolute atomic E-state index is 12.1. The number of nitrogens with zero attached hydrogens (tertiary/aromatic N) is 2. The van der Waals surface area contributed by atoms with Crippen LogP contribution in [0.4, 0.5) is 4.79 Å². The molecular weight excluding hydrogens is 302 g/mol. The molecule has 1 aliphatic rings. The lowest BCUT2D eigenvalue weighted by molar-refractivity contribution is -0.124. The fraction of sp³-hybridized carbons (Fsp3) is 0.200. The van der Waals surface area contributed by atoms with Crippen molar-refractivity contribution < 1.29 is 14.4 Å². The largest absolute Gasteiger partial charge is 0.349 e. The van der Waals surface area contributed by atoms with Crippen molar-refractivity contribution in [1.29, 1.82) is 0 Å². The first-order valence-electron chi connectivity index (χ1n) is 6.76. The molecule has 1 N–H and O–H groups in total. The quantitative estimate of drug-likeness (QED) is 0.928. The number of para-hydroxylation sites is 1. The molecule has 112 valence electrons. The molecule has 0 spiro atoms. The minimum absolute atomic E-state index is 0.180. The van der Waals surface area contributed by atoms with Crippen LogP contribution in [0.1, 0.15) is 10.5 Å². The van der Waals surface area contributed by atoms with Gasteiger partial charge in [0.05, 0.1) is 11.3 Å². The summed E-state index contributed by atoms with van der Waals surface area (Å²) in [6.07, 6.45) is 0. The molecule has 0 saturated carbocycles. The standard InChI is InChI=1S/C15H13N3O3S/c19-13-9-22-15(21)18(13)8-7-16-14(20)12-6-5-10-3-1-2-4-11(10)17-12/h1-6H,7-9H2,(H,16,20). The molecule has 22 heavy (non-hydrogen) atoms. The van der Waals surface area contributed by atoms with Gasteiger partial charge < -0.3 is 5.32 Å². The third-order valence-electron chi connectivity index (χ3n) is 3.29. The van der Waals surface area contributed by atoms with E-state index in [0.717, 1.165) is 27.6 Å². The predicted octanol–water partition coefficient (Wildman–Crippen LogP) is 1.66. The molecule has 1 saturated heterocycles. The summed E-state index contributed by atoms with van der Waals surface area (Å²) in [6.45, 7) is 0.398. The number of rotatable bonds is 4. The highest BCUT2D eigenvalue weighted by Crippen LogP contribution is 2.17. The number of hydrogen-bond donors (Lipinski definition) is 1. The van der Waals surface area contributed by atoms with Crippen molar-refractivity contribution in [3.8, 4) is 0 Å². The van der Waals surface area contributed by atoms with Crippen LogP contribution in [0.3, 0.4) is 0 Å². The van der Waals surface area contributed by atoms with Gasteiger partial charge in [-0.15, -0.1) is 0 Å². The second-order valence-electron chi connectivity index (χ2n) is 4.75. The van der Waals surface area contributed by atoms with E-state index in [9.17, 15) is 14.4 Å². The first kappa shape index (κ1) is 14.5. The van der Waals surface area contributed by atoms with E-state index < -0.39 is 0 Å². The lowest BCUT2D eigenvalue weighted by Crippen LogP contribution is -2.37. The van der Waals surface area contributed by atoms with Crippen LogP contribution in [-0.2, 0) is 4.79 Å². The van der Waals surface area contributed by atoms with Crippen LogP contribution < -0.4 is 5.32 Å². The molecule has 2 aromatic rings. The Morgan fingerprint density at radius 1 is 1.23 bits per heavy atom. The third kappa shape index (κ3) is 2.94. The highest BCUT2D eigenvalue weighted by molar-refractivity contribution is 8.14. The second kappa shape index (κ2) is 6.15. The summed E-state index contributed by atoms with van der Waals surface area (Å²) in [4.78, 5) is 40.4. The number of carbonyl (C=O) groups is 3. The van der Waals surface area contributed by atoms with Gasteiger partial charge in [0.25, 0.3) is 11.1 Å². The van der Waals surface area contributed by atoms with Gasteiger partial charge in [-0.3, -0.25) is 19.3 Å². The molecule has 7 heteroatoms. The van der Waals surface area contributed by atoms with Crippen LogP contribution >= 0.6 is 11.8 Å². The summed E-state index contributed by atoms with van der Waals surface area (Å²) in [5.74, 6) is -0.357. The van der Waals surface area contributed by atoms with Crippen molar-refractivity contribution >= 4 is 39.7 Å². The van der Waals surface area contributed by atoms with Crippen LogP contribution in [0.25, 0.3) is 10.9 Å². The summed E-state index contributed by atoms with van der Waals surface area (Å²) in [5.41, 5.74) is 1.06. The highest BCUT2D eigenvalue weighted by Gasteiger charge is 2.29. The van der Waals surface area contributed by atoms with Crippen molar-refractivity contribution in [1.82, 2.24) is 15.2 Å². The van der Waals surface area contributed by atoms with Crippen molar-refractivity contribution in [3.05, 3.63) is 42.1 Å². The molecule has 3 amide bonds. The normalized spacial score (nSPS) is 14.6. The number of imide groups is 1. The maximum atomic E-state index is 12.1. The van der Waals surface area contributed by atoms with Crippen molar-refractivity contribution in [3.63, 3.8) is 0 Å². The summed E-state index contributed by atoms with van der Waals surface area (Å²) in [7, 11) is 0. The summed E-state index contributed by atoms with van der Waals surface area (Å²) in [5, 5.41) is 3.38. The zero-order valence-corrected chi connectivity index (χ0v) is 12.4. The van der Waals surface area contributed by atoms with E-state index in [2.05, 4.69) is 10.3 Å². The molecule has 2 heterocycles. The average molecular weight is 315 g/mol. The minimum atomic E-state index is -0.322. The number of carbonyl (C=O) groups excluding carboxylic acids is 3. The van der Waals surface area contributed by atoms with Gasteiger partial charge in [0, 0.05) is 18.5 Å². The Hall–Kier alpha value is -2.41. The lowest BCUT2D eigenvalue weighted by atomic mass is 10.2. The zero-order chi connectivity index (χ0) is 15.5. The van der Waals surface area contributed by atoms with Gasteiger partial charge in [0.15, 0.2) is 0 Å². The molecule has 0 unspecified atom stereocenters.